The molecule has 1 saturated heterocycles. The number of aryl methyl sites for hydroxylation is 1. The minimum Gasteiger partial charge on any atom is -0.480 e. The average Bonchev–Trinajstić information content (AvgIpc) is 2.75. The smallest absolute Gasteiger partial charge is 0.322 e. The molecule has 0 spiro atoms. The highest BCUT2D eigenvalue weighted by molar-refractivity contribution is 7.89. The summed E-state index contributed by atoms with van der Waals surface area (Å²) in [5, 5.41) is 9.28. The number of carbonyl (C=O) groups is 1. The van der Waals surface area contributed by atoms with Crippen molar-refractivity contribution in [2.24, 2.45) is 13.0 Å². The summed E-state index contributed by atoms with van der Waals surface area (Å²) in [6, 6.07) is 0.520. The van der Waals surface area contributed by atoms with E-state index in [4.69, 9.17) is 0 Å². The molecule has 1 N–H and O–H groups in total. The molecule has 1 fully saturated rings. The zero-order valence-electron chi connectivity index (χ0n) is 11.0. The van der Waals surface area contributed by atoms with Crippen LogP contribution in [0.25, 0.3) is 0 Å². The molecule has 2 atom stereocenters. The van der Waals surface area contributed by atoms with Crippen molar-refractivity contribution in [2.75, 3.05) is 6.54 Å². The Kier molecular flexibility index (Phi) is 3.69. The SMILES string of the molecule is CC1CCCN(S(=O)(=O)c2ccn(C)c2)C1C(=O)O. The fourth-order valence-corrected chi connectivity index (χ4v) is 4.32. The summed E-state index contributed by atoms with van der Waals surface area (Å²) >= 11 is 0. The quantitative estimate of drug-likeness (QED) is 0.895. The summed E-state index contributed by atoms with van der Waals surface area (Å²) in [5.74, 6) is -1.25. The van der Waals surface area contributed by atoms with Gasteiger partial charge in [-0.1, -0.05) is 6.92 Å². The van der Waals surface area contributed by atoms with E-state index in [2.05, 4.69) is 0 Å². The first-order valence-corrected chi connectivity index (χ1v) is 7.64. The highest BCUT2D eigenvalue weighted by Crippen LogP contribution is 2.29. The van der Waals surface area contributed by atoms with E-state index in [1.165, 1.54) is 12.3 Å². The Morgan fingerprint density at radius 1 is 1.47 bits per heavy atom. The van der Waals surface area contributed by atoms with E-state index >= 15 is 0 Å². The van der Waals surface area contributed by atoms with Gasteiger partial charge in [-0.25, -0.2) is 8.42 Å². The summed E-state index contributed by atoms with van der Waals surface area (Å²) in [4.78, 5) is 11.5. The van der Waals surface area contributed by atoms with Gasteiger partial charge < -0.3 is 9.67 Å². The van der Waals surface area contributed by atoms with Crippen LogP contribution in [-0.2, 0) is 21.9 Å². The van der Waals surface area contributed by atoms with E-state index in [9.17, 15) is 18.3 Å². The van der Waals surface area contributed by atoms with Crippen molar-refractivity contribution in [3.8, 4) is 0 Å². The molecular formula is C12H18N2O4S. The van der Waals surface area contributed by atoms with Gasteiger partial charge in [-0.05, 0) is 24.8 Å². The molecule has 6 nitrogen and oxygen atoms in total. The fourth-order valence-electron chi connectivity index (χ4n) is 2.55. The summed E-state index contributed by atoms with van der Waals surface area (Å²) in [5.41, 5.74) is 0. The minimum absolute atomic E-state index is 0.148. The number of nitrogens with zero attached hydrogens (tertiary/aromatic N) is 2. The van der Waals surface area contributed by atoms with E-state index in [-0.39, 0.29) is 17.4 Å². The Bertz CT molecular complexity index is 578. The molecule has 1 aliphatic rings. The predicted molar refractivity (Wildman–Crippen MR) is 69.1 cm³/mol. The first kappa shape index (κ1) is 14.1. The van der Waals surface area contributed by atoms with E-state index in [0.29, 0.717) is 6.42 Å². The van der Waals surface area contributed by atoms with Gasteiger partial charge in [0.05, 0.1) is 4.90 Å². The standard InChI is InChI=1S/C12H18N2O4S/c1-9-4-3-6-14(11(9)12(15)16)19(17,18)10-5-7-13(2)8-10/h5,7-9,11H,3-4,6H2,1-2H3,(H,15,16). The number of rotatable bonds is 3. The van der Waals surface area contributed by atoms with Gasteiger partial charge in [-0.15, -0.1) is 0 Å². The monoisotopic (exact) mass is 286 g/mol. The number of sulfonamides is 1. The number of aliphatic carboxylic acids is 1. The Hall–Kier alpha value is -1.34. The van der Waals surface area contributed by atoms with Gasteiger partial charge in [-0.3, -0.25) is 4.79 Å². The molecule has 0 saturated carbocycles. The van der Waals surface area contributed by atoms with E-state index in [1.807, 2.05) is 0 Å². The van der Waals surface area contributed by atoms with Gasteiger partial charge in [0, 0.05) is 26.0 Å². The van der Waals surface area contributed by atoms with E-state index in [1.54, 1.807) is 24.7 Å². The maximum atomic E-state index is 12.5. The second-order valence-electron chi connectivity index (χ2n) is 5.03. The second-order valence-corrected chi connectivity index (χ2v) is 6.92. The van der Waals surface area contributed by atoms with Crippen molar-refractivity contribution in [1.29, 1.82) is 0 Å². The minimum atomic E-state index is -3.74. The van der Waals surface area contributed by atoms with Crippen LogP contribution in [0.4, 0.5) is 0 Å². The van der Waals surface area contributed by atoms with Crippen molar-refractivity contribution in [3.05, 3.63) is 18.5 Å². The van der Waals surface area contributed by atoms with E-state index in [0.717, 1.165) is 10.7 Å². The van der Waals surface area contributed by atoms with Crippen LogP contribution in [0, 0.1) is 5.92 Å². The average molecular weight is 286 g/mol. The third-order valence-electron chi connectivity index (χ3n) is 3.55. The summed E-state index contributed by atoms with van der Waals surface area (Å²) in [6.45, 7) is 2.05. The molecule has 1 aromatic heterocycles. The van der Waals surface area contributed by atoms with Crippen LogP contribution in [0.1, 0.15) is 19.8 Å². The predicted octanol–water partition coefficient (Wildman–Crippen LogP) is 0.899. The number of aromatic nitrogens is 1. The van der Waals surface area contributed by atoms with Gasteiger partial charge >= 0.3 is 5.97 Å². The molecule has 2 heterocycles. The van der Waals surface area contributed by atoms with Gasteiger partial charge in [-0.2, -0.15) is 4.31 Å². The van der Waals surface area contributed by atoms with Crippen molar-refractivity contribution >= 4 is 16.0 Å². The molecule has 0 radical (unpaired) electrons. The van der Waals surface area contributed by atoms with Crippen molar-refractivity contribution in [3.63, 3.8) is 0 Å². The number of hydrogen-bond acceptors (Lipinski definition) is 3. The molecule has 2 rings (SSSR count). The topological polar surface area (TPSA) is 79.6 Å². The lowest BCUT2D eigenvalue weighted by Gasteiger charge is -2.35. The lowest BCUT2D eigenvalue weighted by molar-refractivity contribution is -0.144. The van der Waals surface area contributed by atoms with Gasteiger partial charge in [0.1, 0.15) is 6.04 Å². The molecule has 0 amide bonds. The molecular weight excluding hydrogens is 268 g/mol. The molecule has 0 bridgehead atoms. The third-order valence-corrected chi connectivity index (χ3v) is 5.42. The van der Waals surface area contributed by atoms with Crippen molar-refractivity contribution in [2.45, 2.75) is 30.7 Å². The molecule has 7 heteroatoms. The lowest BCUT2D eigenvalue weighted by Crippen LogP contribution is -2.51. The first-order valence-electron chi connectivity index (χ1n) is 6.20. The van der Waals surface area contributed by atoms with Crippen molar-refractivity contribution < 1.29 is 18.3 Å². The number of carboxylic acid groups (broad SMARTS) is 1. The third kappa shape index (κ3) is 2.52. The van der Waals surface area contributed by atoms with Crippen LogP contribution < -0.4 is 0 Å². The molecule has 106 valence electrons. The molecule has 0 aromatic carbocycles. The van der Waals surface area contributed by atoms with Crippen LogP contribution in [0.2, 0.25) is 0 Å². The fraction of sp³-hybridized carbons (Fsp3) is 0.583. The maximum absolute atomic E-state index is 12.5. The lowest BCUT2D eigenvalue weighted by atomic mass is 9.93. The Labute approximate surface area is 112 Å². The number of hydrogen-bond donors (Lipinski definition) is 1. The molecule has 2 unspecified atom stereocenters. The van der Waals surface area contributed by atoms with Gasteiger partial charge in [0.25, 0.3) is 0 Å². The summed E-state index contributed by atoms with van der Waals surface area (Å²) in [7, 11) is -2.01. The van der Waals surface area contributed by atoms with Crippen LogP contribution in [0.3, 0.4) is 0 Å². The molecule has 1 aliphatic heterocycles. The molecule has 1 aromatic rings. The zero-order chi connectivity index (χ0) is 14.2. The molecule has 0 aliphatic carbocycles. The second kappa shape index (κ2) is 4.97. The number of piperidine rings is 1. The number of carboxylic acids is 1. The summed E-state index contributed by atoms with van der Waals surface area (Å²) in [6.07, 6.45) is 4.55. The van der Waals surface area contributed by atoms with Crippen LogP contribution in [0.15, 0.2) is 23.4 Å². The van der Waals surface area contributed by atoms with Gasteiger partial charge in [0.15, 0.2) is 0 Å². The first-order chi connectivity index (χ1) is 8.84. The molecule has 19 heavy (non-hydrogen) atoms. The van der Waals surface area contributed by atoms with Gasteiger partial charge in [0.2, 0.25) is 10.0 Å². The normalized spacial score (nSPS) is 25.4. The zero-order valence-corrected chi connectivity index (χ0v) is 11.8. The van der Waals surface area contributed by atoms with Crippen LogP contribution >= 0.6 is 0 Å². The maximum Gasteiger partial charge on any atom is 0.322 e. The summed E-state index contributed by atoms with van der Waals surface area (Å²) < 4.78 is 27.8. The Balaban J connectivity index is 2.40. The van der Waals surface area contributed by atoms with E-state index < -0.39 is 22.0 Å². The Morgan fingerprint density at radius 2 is 2.16 bits per heavy atom. The highest BCUT2D eigenvalue weighted by Gasteiger charge is 2.41. The van der Waals surface area contributed by atoms with Crippen LogP contribution in [0.5, 0.6) is 0 Å². The van der Waals surface area contributed by atoms with Crippen molar-refractivity contribution in [1.82, 2.24) is 8.87 Å². The highest BCUT2D eigenvalue weighted by atomic mass is 32.2. The Morgan fingerprint density at radius 3 is 2.68 bits per heavy atom. The largest absolute Gasteiger partial charge is 0.480 e. The van der Waals surface area contributed by atoms with Crippen LogP contribution in [-0.4, -0.2) is 41.0 Å².